The van der Waals surface area contributed by atoms with Crippen LogP contribution in [0, 0.1) is 5.92 Å². The molecule has 0 radical (unpaired) electrons. The van der Waals surface area contributed by atoms with Crippen LogP contribution >= 0.6 is 11.6 Å². The van der Waals surface area contributed by atoms with Crippen LogP contribution in [-0.2, 0) is 16.1 Å². The molecule has 1 rings (SSSR count). The quantitative estimate of drug-likeness (QED) is 0.756. The Bertz CT molecular complexity index is 385. The molecule has 17 heavy (non-hydrogen) atoms. The molecule has 0 bridgehead atoms. The van der Waals surface area contributed by atoms with E-state index in [-0.39, 0.29) is 11.9 Å². The molecular formula is C12H17ClN2O2. The number of nitrogens with zero attached hydrogens (tertiary/aromatic N) is 2. The molecule has 0 saturated heterocycles. The Labute approximate surface area is 107 Å². The first-order valence-electron chi connectivity index (χ1n) is 5.39. The van der Waals surface area contributed by atoms with Gasteiger partial charge in [-0.3, -0.25) is 9.78 Å². The molecule has 1 heterocycles. The van der Waals surface area contributed by atoms with Crippen molar-refractivity contribution in [2.24, 2.45) is 5.92 Å². The van der Waals surface area contributed by atoms with Crippen LogP contribution < -0.4 is 0 Å². The van der Waals surface area contributed by atoms with Gasteiger partial charge in [0.15, 0.2) is 0 Å². The summed E-state index contributed by atoms with van der Waals surface area (Å²) in [5, 5.41) is 0.644. The lowest BCUT2D eigenvalue weighted by atomic mass is 10.1. The maximum Gasteiger partial charge on any atom is 0.309 e. The van der Waals surface area contributed by atoms with Gasteiger partial charge in [0.1, 0.15) is 0 Å². The van der Waals surface area contributed by atoms with Crippen molar-refractivity contribution in [1.29, 1.82) is 0 Å². The first-order valence-corrected chi connectivity index (χ1v) is 5.77. The van der Waals surface area contributed by atoms with Crippen molar-refractivity contribution >= 4 is 17.6 Å². The minimum atomic E-state index is -0.197. The van der Waals surface area contributed by atoms with Crippen LogP contribution in [0.25, 0.3) is 0 Å². The smallest absolute Gasteiger partial charge is 0.309 e. The first-order chi connectivity index (χ1) is 8.04. The van der Waals surface area contributed by atoms with Crippen LogP contribution in [0.3, 0.4) is 0 Å². The fraction of sp³-hybridized carbons (Fsp3) is 0.500. The molecule has 94 valence electrons. The van der Waals surface area contributed by atoms with Crippen molar-refractivity contribution in [3.05, 3.63) is 29.0 Å². The van der Waals surface area contributed by atoms with Gasteiger partial charge in [-0.05, 0) is 18.7 Å². The molecule has 1 unspecified atom stereocenters. The molecule has 4 nitrogen and oxygen atoms in total. The second-order valence-electron chi connectivity index (χ2n) is 4.09. The summed E-state index contributed by atoms with van der Waals surface area (Å²) in [4.78, 5) is 17.2. The largest absolute Gasteiger partial charge is 0.469 e. The fourth-order valence-electron chi connectivity index (χ4n) is 1.63. The fourth-order valence-corrected chi connectivity index (χ4v) is 1.81. The number of pyridine rings is 1. The lowest BCUT2D eigenvalue weighted by Crippen LogP contribution is -2.29. The van der Waals surface area contributed by atoms with Crippen molar-refractivity contribution in [2.75, 3.05) is 20.7 Å². The molecule has 5 heteroatoms. The number of halogens is 1. The van der Waals surface area contributed by atoms with Gasteiger partial charge in [-0.15, -0.1) is 0 Å². The monoisotopic (exact) mass is 256 g/mol. The highest BCUT2D eigenvalue weighted by molar-refractivity contribution is 6.31. The molecule has 0 amide bonds. The number of carbonyl (C=O) groups excluding carboxylic acids is 1. The van der Waals surface area contributed by atoms with Gasteiger partial charge in [0.25, 0.3) is 0 Å². The summed E-state index contributed by atoms with van der Waals surface area (Å²) in [5.74, 6) is -0.344. The van der Waals surface area contributed by atoms with Crippen LogP contribution in [0.4, 0.5) is 0 Å². The van der Waals surface area contributed by atoms with Gasteiger partial charge < -0.3 is 9.64 Å². The van der Waals surface area contributed by atoms with E-state index < -0.39 is 0 Å². The lowest BCUT2D eigenvalue weighted by Gasteiger charge is -2.20. The second-order valence-corrected chi connectivity index (χ2v) is 4.50. The maximum absolute atomic E-state index is 11.3. The standard InChI is InChI=1S/C12H17ClN2O2/c1-9(12(16)17-3)7-15(2)8-10-4-5-14-6-11(10)13/h4-6,9H,7-8H2,1-3H3. The molecule has 0 saturated carbocycles. The summed E-state index contributed by atoms with van der Waals surface area (Å²) in [6.45, 7) is 3.16. The van der Waals surface area contributed by atoms with E-state index in [2.05, 4.69) is 9.72 Å². The van der Waals surface area contributed by atoms with Crippen LogP contribution in [-0.4, -0.2) is 36.6 Å². The number of rotatable bonds is 5. The summed E-state index contributed by atoms with van der Waals surface area (Å²) >= 11 is 6.01. The van der Waals surface area contributed by atoms with Gasteiger partial charge in [0.05, 0.1) is 18.1 Å². The highest BCUT2D eigenvalue weighted by Gasteiger charge is 2.15. The number of aromatic nitrogens is 1. The van der Waals surface area contributed by atoms with E-state index >= 15 is 0 Å². The number of methoxy groups -OCH3 is 1. The summed E-state index contributed by atoms with van der Waals surface area (Å²) in [5.41, 5.74) is 1.00. The molecule has 0 fully saturated rings. The Hall–Kier alpha value is -1.13. The number of ether oxygens (including phenoxy) is 1. The van der Waals surface area contributed by atoms with E-state index in [0.717, 1.165) is 5.56 Å². The van der Waals surface area contributed by atoms with Gasteiger partial charge >= 0.3 is 5.97 Å². The van der Waals surface area contributed by atoms with Crippen molar-refractivity contribution in [2.45, 2.75) is 13.5 Å². The Balaban J connectivity index is 2.53. The highest BCUT2D eigenvalue weighted by Crippen LogP contribution is 2.15. The Morgan fingerprint density at radius 1 is 1.65 bits per heavy atom. The third kappa shape index (κ3) is 4.32. The molecule has 0 N–H and O–H groups in total. The second kappa shape index (κ2) is 6.57. The van der Waals surface area contributed by atoms with Gasteiger partial charge in [-0.2, -0.15) is 0 Å². The highest BCUT2D eigenvalue weighted by atomic mass is 35.5. The van der Waals surface area contributed by atoms with E-state index in [1.807, 2.05) is 24.9 Å². The van der Waals surface area contributed by atoms with E-state index in [4.69, 9.17) is 11.6 Å². The molecule has 0 aliphatic carbocycles. The maximum atomic E-state index is 11.3. The number of esters is 1. The average Bonchev–Trinajstić information content (AvgIpc) is 2.31. The van der Waals surface area contributed by atoms with Gasteiger partial charge in [-0.1, -0.05) is 18.5 Å². The first kappa shape index (κ1) is 13.9. The molecule has 0 spiro atoms. The predicted octanol–water partition coefficient (Wildman–Crippen LogP) is 1.98. The van der Waals surface area contributed by atoms with Gasteiger partial charge in [-0.25, -0.2) is 0 Å². The molecule has 1 aromatic heterocycles. The summed E-state index contributed by atoms with van der Waals surface area (Å²) in [6.07, 6.45) is 3.33. The Morgan fingerprint density at radius 3 is 2.94 bits per heavy atom. The topological polar surface area (TPSA) is 42.4 Å². The predicted molar refractivity (Wildman–Crippen MR) is 66.8 cm³/mol. The van der Waals surface area contributed by atoms with E-state index in [1.54, 1.807) is 12.4 Å². The molecule has 1 atom stereocenters. The van der Waals surface area contributed by atoms with Crippen LogP contribution in [0.2, 0.25) is 5.02 Å². The van der Waals surface area contributed by atoms with Gasteiger partial charge in [0, 0.05) is 25.5 Å². The van der Waals surface area contributed by atoms with Crippen molar-refractivity contribution in [3.8, 4) is 0 Å². The SMILES string of the molecule is COC(=O)C(C)CN(C)Cc1ccncc1Cl. The number of carbonyl (C=O) groups is 1. The minimum absolute atomic E-state index is 0.148. The summed E-state index contributed by atoms with van der Waals surface area (Å²) < 4.78 is 4.69. The average molecular weight is 257 g/mol. The van der Waals surface area contributed by atoms with E-state index in [9.17, 15) is 4.79 Å². The number of hydrogen-bond acceptors (Lipinski definition) is 4. The van der Waals surface area contributed by atoms with Crippen molar-refractivity contribution in [3.63, 3.8) is 0 Å². The normalized spacial score (nSPS) is 12.5. The lowest BCUT2D eigenvalue weighted by molar-refractivity contribution is -0.145. The van der Waals surface area contributed by atoms with E-state index in [0.29, 0.717) is 18.1 Å². The number of hydrogen-bond donors (Lipinski definition) is 0. The summed E-state index contributed by atoms with van der Waals surface area (Å²) in [6, 6.07) is 1.88. The minimum Gasteiger partial charge on any atom is -0.469 e. The third-order valence-corrected chi connectivity index (χ3v) is 2.83. The van der Waals surface area contributed by atoms with Crippen molar-refractivity contribution < 1.29 is 9.53 Å². The molecule has 0 aliphatic heterocycles. The zero-order chi connectivity index (χ0) is 12.8. The zero-order valence-electron chi connectivity index (χ0n) is 10.3. The Kier molecular flexibility index (Phi) is 5.38. The van der Waals surface area contributed by atoms with Crippen molar-refractivity contribution in [1.82, 2.24) is 9.88 Å². The molecule has 0 aliphatic rings. The molecule has 1 aromatic rings. The Morgan fingerprint density at radius 2 is 2.35 bits per heavy atom. The third-order valence-electron chi connectivity index (χ3n) is 2.49. The zero-order valence-corrected chi connectivity index (χ0v) is 11.1. The molecule has 0 aromatic carbocycles. The van der Waals surface area contributed by atoms with E-state index in [1.165, 1.54) is 7.11 Å². The van der Waals surface area contributed by atoms with Crippen LogP contribution in [0.5, 0.6) is 0 Å². The van der Waals surface area contributed by atoms with Crippen LogP contribution in [0.15, 0.2) is 18.5 Å². The molecular weight excluding hydrogens is 240 g/mol. The summed E-state index contributed by atoms with van der Waals surface area (Å²) in [7, 11) is 3.34. The van der Waals surface area contributed by atoms with Gasteiger partial charge in [0.2, 0.25) is 0 Å². The van der Waals surface area contributed by atoms with Crippen LogP contribution in [0.1, 0.15) is 12.5 Å².